The third-order valence-electron chi connectivity index (χ3n) is 4.19. The molecule has 8 nitrogen and oxygen atoms in total. The van der Waals surface area contributed by atoms with Gasteiger partial charge in [-0.15, -0.1) is 0 Å². The predicted molar refractivity (Wildman–Crippen MR) is 91.3 cm³/mol. The van der Waals surface area contributed by atoms with Gasteiger partial charge in [0, 0.05) is 18.7 Å². The van der Waals surface area contributed by atoms with Gasteiger partial charge in [-0.2, -0.15) is 5.26 Å². The number of carbonyl (C=O) groups is 3. The first-order chi connectivity index (χ1) is 12.4. The maximum absolute atomic E-state index is 12.5. The van der Waals surface area contributed by atoms with Crippen molar-refractivity contribution in [1.82, 2.24) is 10.2 Å². The van der Waals surface area contributed by atoms with Gasteiger partial charge in [0.05, 0.1) is 17.7 Å². The fourth-order valence-corrected chi connectivity index (χ4v) is 2.74. The number of piperidine rings is 1. The topological polar surface area (TPSA) is 120 Å². The van der Waals surface area contributed by atoms with Gasteiger partial charge in [0.2, 0.25) is 5.91 Å². The summed E-state index contributed by atoms with van der Waals surface area (Å²) in [6.45, 7) is 2.20. The van der Waals surface area contributed by atoms with Gasteiger partial charge < -0.3 is 20.1 Å². The van der Waals surface area contributed by atoms with Crippen molar-refractivity contribution in [2.45, 2.75) is 31.9 Å². The molecule has 0 unspecified atom stereocenters. The summed E-state index contributed by atoms with van der Waals surface area (Å²) in [4.78, 5) is 36.8. The van der Waals surface area contributed by atoms with Crippen LogP contribution in [0.2, 0.25) is 0 Å². The molecule has 1 atom stereocenters. The Morgan fingerprint density at radius 2 is 1.92 bits per heavy atom. The van der Waals surface area contributed by atoms with E-state index >= 15 is 0 Å². The van der Waals surface area contributed by atoms with Gasteiger partial charge in [-0.1, -0.05) is 0 Å². The number of carboxylic acid groups (broad SMARTS) is 1. The number of carboxylic acids is 1. The standard InChI is InChI=1S/C18H21N3O5/c1-12(20-17(24)14-4-2-13(10-19)3-5-14)18(25)21-8-6-15(7-9-21)26-11-16(22)23/h2-5,12,15H,6-9,11H2,1H3,(H,20,24)(H,22,23)/t12-/m0/s1. The van der Waals surface area contributed by atoms with Crippen LogP contribution >= 0.6 is 0 Å². The lowest BCUT2D eigenvalue weighted by Gasteiger charge is -2.33. The highest BCUT2D eigenvalue weighted by molar-refractivity contribution is 5.97. The lowest BCUT2D eigenvalue weighted by molar-refractivity contribution is -0.147. The average Bonchev–Trinajstić information content (AvgIpc) is 2.66. The number of nitrogens with one attached hydrogen (secondary N) is 1. The summed E-state index contributed by atoms with van der Waals surface area (Å²) in [5, 5.41) is 20.0. The number of likely N-dealkylation sites (tertiary alicyclic amines) is 1. The van der Waals surface area contributed by atoms with E-state index in [-0.39, 0.29) is 24.5 Å². The quantitative estimate of drug-likeness (QED) is 0.774. The minimum absolute atomic E-state index is 0.168. The van der Waals surface area contributed by atoms with Crippen molar-refractivity contribution >= 4 is 17.8 Å². The molecular formula is C18H21N3O5. The van der Waals surface area contributed by atoms with Crippen molar-refractivity contribution in [3.8, 4) is 6.07 Å². The Labute approximate surface area is 151 Å². The number of nitriles is 1. The summed E-state index contributed by atoms with van der Waals surface area (Å²) in [5.74, 6) is -1.58. The summed E-state index contributed by atoms with van der Waals surface area (Å²) >= 11 is 0. The number of rotatable bonds is 6. The van der Waals surface area contributed by atoms with E-state index in [2.05, 4.69) is 5.32 Å². The number of amides is 2. The molecule has 0 aliphatic carbocycles. The summed E-state index contributed by atoms with van der Waals surface area (Å²) in [6, 6.07) is 7.46. The molecule has 1 aliphatic rings. The van der Waals surface area contributed by atoms with Gasteiger partial charge in [-0.05, 0) is 44.0 Å². The predicted octanol–water partition coefficient (Wildman–Crippen LogP) is 0.769. The van der Waals surface area contributed by atoms with Gasteiger partial charge >= 0.3 is 5.97 Å². The number of hydrogen-bond donors (Lipinski definition) is 2. The Morgan fingerprint density at radius 1 is 1.31 bits per heavy atom. The molecule has 1 saturated heterocycles. The zero-order chi connectivity index (χ0) is 19.1. The smallest absolute Gasteiger partial charge is 0.329 e. The molecular weight excluding hydrogens is 338 g/mol. The van der Waals surface area contributed by atoms with Gasteiger partial charge in [0.15, 0.2) is 0 Å². The number of ether oxygens (including phenoxy) is 1. The van der Waals surface area contributed by atoms with Crippen LogP contribution in [0.15, 0.2) is 24.3 Å². The molecule has 1 aromatic rings. The lowest BCUT2D eigenvalue weighted by atomic mass is 10.1. The molecule has 2 rings (SSSR count). The summed E-state index contributed by atoms with van der Waals surface area (Å²) in [7, 11) is 0. The zero-order valence-electron chi connectivity index (χ0n) is 14.5. The molecule has 26 heavy (non-hydrogen) atoms. The largest absolute Gasteiger partial charge is 0.480 e. The van der Waals surface area contributed by atoms with E-state index in [1.54, 1.807) is 24.0 Å². The van der Waals surface area contributed by atoms with Crippen LogP contribution in [0.3, 0.4) is 0 Å². The van der Waals surface area contributed by atoms with E-state index in [9.17, 15) is 14.4 Å². The third kappa shape index (κ3) is 5.29. The van der Waals surface area contributed by atoms with E-state index in [4.69, 9.17) is 15.1 Å². The lowest BCUT2D eigenvalue weighted by Crippen LogP contribution is -2.50. The molecule has 2 N–H and O–H groups in total. The minimum atomic E-state index is -1.01. The Balaban J connectivity index is 1.82. The van der Waals surface area contributed by atoms with Crippen molar-refractivity contribution in [3.63, 3.8) is 0 Å². The van der Waals surface area contributed by atoms with Crippen LogP contribution in [0, 0.1) is 11.3 Å². The first kappa shape index (κ1) is 19.4. The molecule has 138 valence electrons. The number of hydrogen-bond acceptors (Lipinski definition) is 5. The molecule has 0 bridgehead atoms. The molecule has 0 spiro atoms. The van der Waals surface area contributed by atoms with Crippen molar-refractivity contribution in [2.24, 2.45) is 0 Å². The minimum Gasteiger partial charge on any atom is -0.480 e. The average molecular weight is 359 g/mol. The highest BCUT2D eigenvalue weighted by atomic mass is 16.5. The first-order valence-corrected chi connectivity index (χ1v) is 8.34. The van der Waals surface area contributed by atoms with Crippen LogP contribution in [0.5, 0.6) is 0 Å². The van der Waals surface area contributed by atoms with Crippen LogP contribution in [-0.4, -0.2) is 59.6 Å². The van der Waals surface area contributed by atoms with Crippen molar-refractivity contribution in [2.75, 3.05) is 19.7 Å². The Morgan fingerprint density at radius 3 is 2.46 bits per heavy atom. The molecule has 1 fully saturated rings. The summed E-state index contributed by atoms with van der Waals surface area (Å²) in [5.41, 5.74) is 0.836. The van der Waals surface area contributed by atoms with Crippen molar-refractivity contribution < 1.29 is 24.2 Å². The number of carbonyl (C=O) groups excluding carboxylic acids is 2. The van der Waals surface area contributed by atoms with E-state index in [1.807, 2.05) is 6.07 Å². The molecule has 8 heteroatoms. The van der Waals surface area contributed by atoms with Crippen LogP contribution in [0.25, 0.3) is 0 Å². The van der Waals surface area contributed by atoms with E-state index in [0.717, 1.165) is 0 Å². The highest BCUT2D eigenvalue weighted by Gasteiger charge is 2.27. The van der Waals surface area contributed by atoms with Crippen molar-refractivity contribution in [1.29, 1.82) is 5.26 Å². The second-order valence-electron chi connectivity index (χ2n) is 6.11. The maximum Gasteiger partial charge on any atom is 0.329 e. The Hall–Kier alpha value is -2.92. The van der Waals surface area contributed by atoms with Crippen LogP contribution in [0.1, 0.15) is 35.7 Å². The molecule has 0 radical (unpaired) electrons. The molecule has 0 aromatic heterocycles. The van der Waals surface area contributed by atoms with E-state index in [1.165, 1.54) is 12.1 Å². The van der Waals surface area contributed by atoms with Gasteiger partial charge in [0.25, 0.3) is 5.91 Å². The number of nitrogens with zero attached hydrogens (tertiary/aromatic N) is 2. The Bertz CT molecular complexity index is 703. The second-order valence-corrected chi connectivity index (χ2v) is 6.11. The summed E-state index contributed by atoms with van der Waals surface area (Å²) < 4.78 is 5.24. The highest BCUT2D eigenvalue weighted by Crippen LogP contribution is 2.15. The molecule has 1 aliphatic heterocycles. The summed E-state index contributed by atoms with van der Waals surface area (Å²) in [6.07, 6.45) is 0.962. The SMILES string of the molecule is C[C@H](NC(=O)c1ccc(C#N)cc1)C(=O)N1CCC(OCC(=O)O)CC1. The molecule has 1 heterocycles. The van der Waals surface area contributed by atoms with E-state index < -0.39 is 12.0 Å². The van der Waals surface area contributed by atoms with Crippen LogP contribution in [0.4, 0.5) is 0 Å². The van der Waals surface area contributed by atoms with Gasteiger partial charge in [0.1, 0.15) is 12.6 Å². The van der Waals surface area contributed by atoms with Gasteiger partial charge in [-0.25, -0.2) is 4.79 Å². The second kappa shape index (κ2) is 8.97. The maximum atomic E-state index is 12.5. The first-order valence-electron chi connectivity index (χ1n) is 8.34. The fraction of sp³-hybridized carbons (Fsp3) is 0.444. The van der Waals surface area contributed by atoms with Crippen LogP contribution in [-0.2, 0) is 14.3 Å². The van der Waals surface area contributed by atoms with Crippen molar-refractivity contribution in [3.05, 3.63) is 35.4 Å². The molecule has 0 saturated carbocycles. The van der Waals surface area contributed by atoms with E-state index in [0.29, 0.717) is 37.1 Å². The number of benzene rings is 1. The Kier molecular flexibility index (Phi) is 6.69. The molecule has 2 amide bonds. The number of aliphatic carboxylic acids is 1. The van der Waals surface area contributed by atoms with Gasteiger partial charge in [-0.3, -0.25) is 9.59 Å². The normalized spacial score (nSPS) is 15.8. The zero-order valence-corrected chi connectivity index (χ0v) is 14.5. The van der Waals surface area contributed by atoms with Crippen LogP contribution < -0.4 is 5.32 Å². The monoisotopic (exact) mass is 359 g/mol. The third-order valence-corrected chi connectivity index (χ3v) is 4.19. The fourth-order valence-electron chi connectivity index (χ4n) is 2.74. The molecule has 1 aromatic carbocycles.